The van der Waals surface area contributed by atoms with Crippen LogP contribution < -0.4 is 10.1 Å². The summed E-state index contributed by atoms with van der Waals surface area (Å²) in [5.41, 5.74) is 0.435. The lowest BCUT2D eigenvalue weighted by Gasteiger charge is -2.20. The van der Waals surface area contributed by atoms with Gasteiger partial charge in [0, 0.05) is 23.2 Å². The number of anilines is 1. The number of hydrogen-bond acceptors (Lipinski definition) is 4. The Hall–Kier alpha value is -3.74. The lowest BCUT2D eigenvalue weighted by Crippen LogP contribution is -2.40. The number of carbonyl (C=O) groups excluding carboxylic acids is 1. The van der Waals surface area contributed by atoms with E-state index < -0.39 is 17.3 Å². The molecule has 0 aliphatic carbocycles. The first-order chi connectivity index (χ1) is 14.9. The Morgan fingerprint density at radius 1 is 1.03 bits per heavy atom. The maximum atomic E-state index is 14.0. The van der Waals surface area contributed by atoms with E-state index in [0.717, 1.165) is 0 Å². The molecular formula is C24H20F2N2O3. The fraction of sp³-hybridized carbons (Fsp3) is 0.167. The summed E-state index contributed by atoms with van der Waals surface area (Å²) >= 11 is 0. The molecule has 1 atom stereocenters. The van der Waals surface area contributed by atoms with E-state index in [-0.39, 0.29) is 18.8 Å². The van der Waals surface area contributed by atoms with E-state index in [4.69, 9.17) is 9.57 Å². The molecule has 31 heavy (non-hydrogen) atoms. The molecule has 3 aromatic rings. The predicted molar refractivity (Wildman–Crippen MR) is 113 cm³/mol. The van der Waals surface area contributed by atoms with E-state index in [0.29, 0.717) is 28.3 Å². The molecule has 0 spiro atoms. The number of nitrogens with zero attached hydrogens (tertiary/aromatic N) is 1. The first-order valence-corrected chi connectivity index (χ1v) is 9.72. The van der Waals surface area contributed by atoms with Gasteiger partial charge in [0.2, 0.25) is 5.60 Å². The van der Waals surface area contributed by atoms with Gasteiger partial charge in [0.05, 0.1) is 5.71 Å². The third-order valence-electron chi connectivity index (χ3n) is 4.99. The van der Waals surface area contributed by atoms with Crippen LogP contribution in [0.25, 0.3) is 0 Å². The smallest absolute Gasteiger partial charge is 0.271 e. The summed E-state index contributed by atoms with van der Waals surface area (Å²) in [6, 6.07) is 19.3. The summed E-state index contributed by atoms with van der Waals surface area (Å²) in [5.74, 6) is -0.606. The van der Waals surface area contributed by atoms with Crippen molar-refractivity contribution in [1.29, 1.82) is 0 Å². The monoisotopic (exact) mass is 422 g/mol. The Balaban J connectivity index is 1.35. The minimum absolute atomic E-state index is 0.0977. The zero-order chi connectivity index (χ0) is 21.8. The molecule has 0 fully saturated rings. The van der Waals surface area contributed by atoms with Crippen molar-refractivity contribution < 1.29 is 23.1 Å². The largest absolute Gasteiger partial charge is 0.489 e. The van der Waals surface area contributed by atoms with Crippen LogP contribution in [-0.4, -0.2) is 17.2 Å². The second kappa shape index (κ2) is 8.55. The zero-order valence-electron chi connectivity index (χ0n) is 16.8. The second-order valence-electron chi connectivity index (χ2n) is 7.38. The van der Waals surface area contributed by atoms with Crippen LogP contribution in [0.2, 0.25) is 0 Å². The van der Waals surface area contributed by atoms with Gasteiger partial charge in [-0.2, -0.15) is 0 Å². The van der Waals surface area contributed by atoms with Crippen LogP contribution in [-0.2, 0) is 16.2 Å². The molecule has 4 rings (SSSR count). The average molecular weight is 422 g/mol. The van der Waals surface area contributed by atoms with Crippen LogP contribution in [0.4, 0.5) is 14.5 Å². The third-order valence-corrected chi connectivity index (χ3v) is 4.99. The number of nitrogens with one attached hydrogen (secondary N) is 1. The van der Waals surface area contributed by atoms with E-state index in [1.165, 1.54) is 12.1 Å². The Labute approximate surface area is 178 Å². The van der Waals surface area contributed by atoms with Gasteiger partial charge >= 0.3 is 0 Å². The minimum Gasteiger partial charge on any atom is -0.489 e. The maximum Gasteiger partial charge on any atom is 0.271 e. The molecule has 1 amide bonds. The van der Waals surface area contributed by atoms with Crippen LogP contribution in [0.3, 0.4) is 0 Å². The highest BCUT2D eigenvalue weighted by molar-refractivity contribution is 6.08. The van der Waals surface area contributed by atoms with Crippen LogP contribution in [0, 0.1) is 11.6 Å². The van der Waals surface area contributed by atoms with Crippen molar-refractivity contribution in [3.8, 4) is 5.75 Å². The Morgan fingerprint density at radius 3 is 2.42 bits per heavy atom. The highest BCUT2D eigenvalue weighted by atomic mass is 19.1. The standard InChI is InChI=1S/C24H20F2N2O3/c1-24(14-22(28-31-24)19-7-3-5-9-21(19)26)23(29)27-17-10-12-18(13-11-17)30-15-16-6-2-4-8-20(16)25/h2-13H,14-15H2,1H3,(H,27,29)/t24-/m0/s1. The van der Waals surface area contributed by atoms with Gasteiger partial charge in [-0.15, -0.1) is 0 Å². The van der Waals surface area contributed by atoms with E-state index in [2.05, 4.69) is 10.5 Å². The fourth-order valence-corrected chi connectivity index (χ4v) is 3.18. The number of halogens is 2. The van der Waals surface area contributed by atoms with Crippen molar-refractivity contribution in [2.24, 2.45) is 5.16 Å². The van der Waals surface area contributed by atoms with Gasteiger partial charge in [0.1, 0.15) is 24.0 Å². The highest BCUT2D eigenvalue weighted by Gasteiger charge is 2.42. The number of oxime groups is 1. The average Bonchev–Trinajstić information content (AvgIpc) is 3.18. The van der Waals surface area contributed by atoms with Gasteiger partial charge in [0.25, 0.3) is 5.91 Å². The Kier molecular flexibility index (Phi) is 5.66. The summed E-state index contributed by atoms with van der Waals surface area (Å²) < 4.78 is 33.3. The van der Waals surface area contributed by atoms with Crippen LogP contribution in [0.5, 0.6) is 5.75 Å². The molecule has 1 heterocycles. The molecular weight excluding hydrogens is 402 g/mol. The lowest BCUT2D eigenvalue weighted by atomic mass is 9.95. The minimum atomic E-state index is -1.25. The fourth-order valence-electron chi connectivity index (χ4n) is 3.18. The van der Waals surface area contributed by atoms with E-state index >= 15 is 0 Å². The van der Waals surface area contributed by atoms with Crippen molar-refractivity contribution in [3.63, 3.8) is 0 Å². The normalized spacial score (nSPS) is 17.6. The number of amides is 1. The van der Waals surface area contributed by atoms with E-state index in [1.54, 1.807) is 67.6 Å². The van der Waals surface area contributed by atoms with Crippen LogP contribution in [0.15, 0.2) is 78.0 Å². The van der Waals surface area contributed by atoms with Crippen LogP contribution >= 0.6 is 0 Å². The van der Waals surface area contributed by atoms with E-state index in [1.807, 2.05) is 0 Å². The molecule has 0 saturated carbocycles. The number of carbonyl (C=O) groups is 1. The van der Waals surface area contributed by atoms with E-state index in [9.17, 15) is 13.6 Å². The maximum absolute atomic E-state index is 14.0. The Morgan fingerprint density at radius 2 is 1.71 bits per heavy atom. The summed E-state index contributed by atoms with van der Waals surface area (Å²) in [6.07, 6.45) is 0.142. The first-order valence-electron chi connectivity index (χ1n) is 9.72. The zero-order valence-corrected chi connectivity index (χ0v) is 16.8. The van der Waals surface area contributed by atoms with Gasteiger partial charge in [-0.3, -0.25) is 4.79 Å². The second-order valence-corrected chi connectivity index (χ2v) is 7.38. The molecule has 1 aliphatic rings. The molecule has 0 bridgehead atoms. The third kappa shape index (κ3) is 4.55. The predicted octanol–water partition coefficient (Wildman–Crippen LogP) is 5.07. The summed E-state index contributed by atoms with van der Waals surface area (Å²) in [5, 5.41) is 6.70. The molecule has 0 saturated heterocycles. The molecule has 0 unspecified atom stereocenters. The summed E-state index contributed by atoms with van der Waals surface area (Å²) in [7, 11) is 0. The number of ether oxygens (including phenoxy) is 1. The van der Waals surface area contributed by atoms with Gasteiger partial charge in [-0.25, -0.2) is 8.78 Å². The molecule has 7 heteroatoms. The molecule has 0 radical (unpaired) electrons. The van der Waals surface area contributed by atoms with Gasteiger partial charge in [-0.05, 0) is 43.3 Å². The summed E-state index contributed by atoms with van der Waals surface area (Å²) in [6.45, 7) is 1.70. The van der Waals surface area contributed by atoms with Crippen molar-refractivity contribution in [2.75, 3.05) is 5.32 Å². The molecule has 158 valence electrons. The Bertz CT molecular complexity index is 1130. The quantitative estimate of drug-likeness (QED) is 0.604. The molecule has 5 nitrogen and oxygen atoms in total. The van der Waals surface area contributed by atoms with Crippen LogP contribution in [0.1, 0.15) is 24.5 Å². The number of benzene rings is 3. The van der Waals surface area contributed by atoms with Crippen molar-refractivity contribution in [1.82, 2.24) is 0 Å². The first kappa shape index (κ1) is 20.5. The molecule has 3 aromatic carbocycles. The lowest BCUT2D eigenvalue weighted by molar-refractivity contribution is -0.135. The van der Waals surface area contributed by atoms with Crippen molar-refractivity contribution in [3.05, 3.63) is 95.6 Å². The van der Waals surface area contributed by atoms with Crippen molar-refractivity contribution in [2.45, 2.75) is 25.6 Å². The summed E-state index contributed by atoms with van der Waals surface area (Å²) in [4.78, 5) is 18.1. The number of hydrogen-bond donors (Lipinski definition) is 1. The highest BCUT2D eigenvalue weighted by Crippen LogP contribution is 2.29. The van der Waals surface area contributed by atoms with Gasteiger partial charge < -0.3 is 14.9 Å². The van der Waals surface area contributed by atoms with Gasteiger partial charge in [-0.1, -0.05) is 41.6 Å². The molecule has 0 aromatic heterocycles. The molecule has 1 aliphatic heterocycles. The van der Waals surface area contributed by atoms with Gasteiger partial charge in [0.15, 0.2) is 0 Å². The SMILES string of the molecule is C[C@@]1(C(=O)Nc2ccc(OCc3ccccc3F)cc2)CC(c2ccccc2F)=NO1. The molecule has 1 N–H and O–H groups in total. The number of rotatable bonds is 6. The topological polar surface area (TPSA) is 59.9 Å². The van der Waals surface area contributed by atoms with Crippen molar-refractivity contribution >= 4 is 17.3 Å².